The molecule has 0 aliphatic rings. The molecule has 0 fully saturated rings. The lowest BCUT2D eigenvalue weighted by Gasteiger charge is -2.01. The number of anilines is 1. The van der Waals surface area contributed by atoms with E-state index in [2.05, 4.69) is 15.5 Å². The molecule has 0 aliphatic carbocycles. The second-order valence-corrected chi connectivity index (χ2v) is 4.29. The third-order valence-corrected chi connectivity index (χ3v) is 2.71. The van der Waals surface area contributed by atoms with E-state index in [1.165, 1.54) is 24.3 Å². The van der Waals surface area contributed by atoms with Crippen LogP contribution >= 0.6 is 0 Å². The Labute approximate surface area is 115 Å². The van der Waals surface area contributed by atoms with Crippen LogP contribution in [-0.2, 0) is 6.42 Å². The van der Waals surface area contributed by atoms with Crippen LogP contribution in [0, 0.1) is 10.1 Å². The van der Waals surface area contributed by atoms with E-state index < -0.39 is 10.8 Å². The van der Waals surface area contributed by atoms with Gasteiger partial charge in [0.2, 0.25) is 0 Å². The van der Waals surface area contributed by atoms with Gasteiger partial charge in [0.1, 0.15) is 0 Å². The van der Waals surface area contributed by atoms with Crippen molar-refractivity contribution in [2.24, 2.45) is 0 Å². The zero-order valence-electron chi connectivity index (χ0n) is 10.9. The number of nitro benzene ring substituents is 1. The molecule has 104 valence electrons. The molecule has 0 aliphatic heterocycles. The van der Waals surface area contributed by atoms with Crippen LogP contribution in [0.1, 0.15) is 29.4 Å². The summed E-state index contributed by atoms with van der Waals surface area (Å²) >= 11 is 0. The van der Waals surface area contributed by atoms with Gasteiger partial charge in [-0.3, -0.25) is 20.0 Å². The fraction of sp³-hybridized carbons (Fsp3) is 0.231. The Kier molecular flexibility index (Phi) is 4.09. The second kappa shape index (κ2) is 5.96. The van der Waals surface area contributed by atoms with Gasteiger partial charge in [-0.1, -0.05) is 19.4 Å². The van der Waals surface area contributed by atoms with E-state index in [1.807, 2.05) is 6.92 Å². The number of nitro groups is 1. The molecule has 2 rings (SSSR count). The highest BCUT2D eigenvalue weighted by molar-refractivity contribution is 6.04. The molecule has 0 bridgehead atoms. The molecule has 0 atom stereocenters. The summed E-state index contributed by atoms with van der Waals surface area (Å²) in [6.07, 6.45) is 1.82. The lowest BCUT2D eigenvalue weighted by Crippen LogP contribution is -2.12. The Balaban J connectivity index is 2.11. The van der Waals surface area contributed by atoms with Gasteiger partial charge in [0.25, 0.3) is 11.6 Å². The predicted molar refractivity (Wildman–Crippen MR) is 73.6 cm³/mol. The van der Waals surface area contributed by atoms with Crippen molar-refractivity contribution in [1.82, 2.24) is 10.2 Å². The quantitative estimate of drug-likeness (QED) is 0.646. The summed E-state index contributed by atoms with van der Waals surface area (Å²) < 4.78 is 0. The highest BCUT2D eigenvalue weighted by Gasteiger charge is 2.12. The normalized spacial score (nSPS) is 10.2. The Bertz CT molecular complexity index is 636. The SMILES string of the molecule is CCCc1cc(NC(=O)c2cccc([N+](=O)[O-])c2)n[nH]1. The van der Waals surface area contributed by atoms with Crippen LogP contribution in [0.5, 0.6) is 0 Å². The summed E-state index contributed by atoms with van der Waals surface area (Å²) in [6, 6.07) is 7.31. The van der Waals surface area contributed by atoms with Gasteiger partial charge in [-0.2, -0.15) is 5.10 Å². The summed E-state index contributed by atoms with van der Waals surface area (Å²) in [6.45, 7) is 2.04. The van der Waals surface area contributed by atoms with E-state index in [9.17, 15) is 14.9 Å². The Hall–Kier alpha value is -2.70. The number of carbonyl (C=O) groups excluding carboxylic acids is 1. The number of aromatic nitrogens is 2. The molecule has 0 saturated carbocycles. The fourth-order valence-corrected chi connectivity index (χ4v) is 1.77. The standard InChI is InChI=1S/C13H14N4O3/c1-2-4-10-8-12(16-15-10)14-13(18)9-5-3-6-11(7-9)17(19)20/h3,5-8H,2,4H2,1H3,(H2,14,15,16,18). The third kappa shape index (κ3) is 3.19. The van der Waals surface area contributed by atoms with Gasteiger partial charge in [0.15, 0.2) is 5.82 Å². The molecule has 0 saturated heterocycles. The first-order valence-corrected chi connectivity index (χ1v) is 6.20. The highest BCUT2D eigenvalue weighted by atomic mass is 16.6. The molecular formula is C13H14N4O3. The number of hydrogen-bond acceptors (Lipinski definition) is 4. The monoisotopic (exact) mass is 274 g/mol. The van der Waals surface area contributed by atoms with E-state index >= 15 is 0 Å². The van der Waals surface area contributed by atoms with Crippen molar-refractivity contribution >= 4 is 17.4 Å². The van der Waals surface area contributed by atoms with E-state index in [-0.39, 0.29) is 11.3 Å². The summed E-state index contributed by atoms with van der Waals surface area (Å²) in [7, 11) is 0. The number of H-pyrrole nitrogens is 1. The molecular weight excluding hydrogens is 260 g/mol. The van der Waals surface area contributed by atoms with E-state index in [4.69, 9.17) is 0 Å². The molecule has 2 aromatic rings. The van der Waals surface area contributed by atoms with Crippen molar-refractivity contribution in [3.63, 3.8) is 0 Å². The van der Waals surface area contributed by atoms with Crippen molar-refractivity contribution < 1.29 is 9.72 Å². The molecule has 1 amide bonds. The Morgan fingerprint density at radius 1 is 1.45 bits per heavy atom. The zero-order valence-corrected chi connectivity index (χ0v) is 10.9. The molecule has 0 radical (unpaired) electrons. The van der Waals surface area contributed by atoms with Crippen LogP contribution in [0.4, 0.5) is 11.5 Å². The van der Waals surface area contributed by atoms with Crippen molar-refractivity contribution in [1.29, 1.82) is 0 Å². The molecule has 2 N–H and O–H groups in total. The van der Waals surface area contributed by atoms with Crippen LogP contribution < -0.4 is 5.32 Å². The predicted octanol–water partition coefficient (Wildman–Crippen LogP) is 2.52. The summed E-state index contributed by atoms with van der Waals surface area (Å²) in [4.78, 5) is 22.1. The lowest BCUT2D eigenvalue weighted by molar-refractivity contribution is -0.384. The van der Waals surface area contributed by atoms with Gasteiger partial charge in [0, 0.05) is 29.5 Å². The average molecular weight is 274 g/mol. The fourth-order valence-electron chi connectivity index (χ4n) is 1.77. The summed E-state index contributed by atoms with van der Waals surface area (Å²) in [5.41, 5.74) is 1.03. The largest absolute Gasteiger partial charge is 0.305 e. The third-order valence-electron chi connectivity index (χ3n) is 2.71. The van der Waals surface area contributed by atoms with Gasteiger partial charge in [-0.05, 0) is 12.5 Å². The molecule has 7 heteroatoms. The van der Waals surface area contributed by atoms with Crippen LogP contribution in [0.15, 0.2) is 30.3 Å². The van der Waals surface area contributed by atoms with Crippen LogP contribution in [0.3, 0.4) is 0 Å². The maximum absolute atomic E-state index is 12.0. The number of rotatable bonds is 5. The van der Waals surface area contributed by atoms with Crippen molar-refractivity contribution in [3.8, 4) is 0 Å². The Morgan fingerprint density at radius 2 is 2.25 bits per heavy atom. The number of benzene rings is 1. The minimum absolute atomic E-state index is 0.119. The summed E-state index contributed by atoms with van der Waals surface area (Å²) in [5.74, 6) is -0.0202. The minimum atomic E-state index is -0.537. The first kappa shape index (κ1) is 13.7. The average Bonchev–Trinajstić information content (AvgIpc) is 2.86. The maximum Gasteiger partial charge on any atom is 0.270 e. The first-order valence-electron chi connectivity index (χ1n) is 6.20. The van der Waals surface area contributed by atoms with Gasteiger partial charge in [-0.25, -0.2) is 0 Å². The van der Waals surface area contributed by atoms with Crippen LogP contribution in [0.2, 0.25) is 0 Å². The molecule has 20 heavy (non-hydrogen) atoms. The smallest absolute Gasteiger partial charge is 0.270 e. The molecule has 7 nitrogen and oxygen atoms in total. The zero-order chi connectivity index (χ0) is 14.5. The molecule has 0 spiro atoms. The minimum Gasteiger partial charge on any atom is -0.305 e. The number of non-ortho nitro benzene ring substituents is 1. The van der Waals surface area contributed by atoms with Gasteiger partial charge < -0.3 is 5.32 Å². The molecule has 1 heterocycles. The second-order valence-electron chi connectivity index (χ2n) is 4.29. The van der Waals surface area contributed by atoms with Crippen LogP contribution in [0.25, 0.3) is 0 Å². The number of hydrogen-bond donors (Lipinski definition) is 2. The van der Waals surface area contributed by atoms with Gasteiger partial charge in [0.05, 0.1) is 4.92 Å². The molecule has 1 aromatic heterocycles. The molecule has 0 unspecified atom stereocenters. The number of carbonyl (C=O) groups is 1. The van der Waals surface area contributed by atoms with Crippen molar-refractivity contribution in [2.75, 3.05) is 5.32 Å². The van der Waals surface area contributed by atoms with E-state index in [1.54, 1.807) is 6.07 Å². The number of amides is 1. The topological polar surface area (TPSA) is 101 Å². The summed E-state index contributed by atoms with van der Waals surface area (Å²) in [5, 5.41) is 20.1. The Morgan fingerprint density at radius 3 is 2.95 bits per heavy atom. The number of aryl methyl sites for hydroxylation is 1. The first-order chi connectivity index (χ1) is 9.60. The number of aromatic amines is 1. The lowest BCUT2D eigenvalue weighted by atomic mass is 10.2. The van der Waals surface area contributed by atoms with E-state index in [0.717, 1.165) is 18.5 Å². The number of nitrogens with one attached hydrogen (secondary N) is 2. The highest BCUT2D eigenvalue weighted by Crippen LogP contribution is 2.15. The van der Waals surface area contributed by atoms with E-state index in [0.29, 0.717) is 5.82 Å². The molecule has 1 aromatic carbocycles. The van der Waals surface area contributed by atoms with Crippen molar-refractivity contribution in [3.05, 3.63) is 51.7 Å². The van der Waals surface area contributed by atoms with Gasteiger partial charge >= 0.3 is 0 Å². The van der Waals surface area contributed by atoms with Crippen LogP contribution in [-0.4, -0.2) is 21.0 Å². The maximum atomic E-state index is 12.0. The number of nitrogens with zero attached hydrogens (tertiary/aromatic N) is 2. The van der Waals surface area contributed by atoms with Crippen molar-refractivity contribution in [2.45, 2.75) is 19.8 Å². The van der Waals surface area contributed by atoms with Gasteiger partial charge in [-0.15, -0.1) is 0 Å².